The Hall–Kier alpha value is -6.35. The third kappa shape index (κ3) is 10.6. The summed E-state index contributed by atoms with van der Waals surface area (Å²) in [6.07, 6.45) is 3.84. The number of methoxy groups -OCH3 is 1. The number of pyridine rings is 1. The number of benzene rings is 3. The number of aromatic nitrogens is 1. The number of rotatable bonds is 8. The normalized spacial score (nSPS) is 16.8. The summed E-state index contributed by atoms with van der Waals surface area (Å²) in [7, 11) is 1.49. The van der Waals surface area contributed by atoms with Gasteiger partial charge in [-0.1, -0.05) is 25.1 Å². The molecule has 1 saturated heterocycles. The van der Waals surface area contributed by atoms with Crippen LogP contribution in [0.4, 0.5) is 4.39 Å². The van der Waals surface area contributed by atoms with Crippen LogP contribution in [0.1, 0.15) is 55.5 Å². The number of carbonyl (C=O) groups is 5. The molecule has 1 fully saturated rings. The smallest absolute Gasteiger partial charge is 0.290 e. The topological polar surface area (TPSA) is 177 Å². The van der Waals surface area contributed by atoms with Crippen molar-refractivity contribution in [2.75, 3.05) is 39.8 Å². The molecule has 0 spiro atoms. The zero-order valence-electron chi connectivity index (χ0n) is 30.4. The molecule has 0 saturated carbocycles. The average molecular weight is 756 g/mol. The second-order valence-corrected chi connectivity index (χ2v) is 12.8. The van der Waals surface area contributed by atoms with E-state index in [-0.39, 0.29) is 67.8 Å². The van der Waals surface area contributed by atoms with Crippen LogP contribution in [0.3, 0.4) is 0 Å². The number of halogens is 1. The Labute approximate surface area is 317 Å². The van der Waals surface area contributed by atoms with Crippen molar-refractivity contribution in [3.63, 3.8) is 0 Å². The number of likely N-dealkylation sites (tertiary alicyclic amines) is 1. The lowest BCUT2D eigenvalue weighted by Crippen LogP contribution is -2.49. The van der Waals surface area contributed by atoms with Crippen molar-refractivity contribution in [1.29, 1.82) is 0 Å². The molecule has 6 rings (SSSR count). The Balaban J connectivity index is 0.00000187. The van der Waals surface area contributed by atoms with E-state index >= 15 is 0 Å². The van der Waals surface area contributed by atoms with E-state index < -0.39 is 35.7 Å². The number of ether oxygens (including phenoxy) is 3. The summed E-state index contributed by atoms with van der Waals surface area (Å²) < 4.78 is 32.7. The van der Waals surface area contributed by atoms with Crippen LogP contribution in [-0.2, 0) is 27.4 Å². The lowest BCUT2D eigenvalue weighted by molar-refractivity contribution is -0.124. The van der Waals surface area contributed by atoms with E-state index in [1.807, 2.05) is 19.1 Å². The predicted octanol–water partition coefficient (Wildman–Crippen LogP) is 4.09. The van der Waals surface area contributed by atoms with Crippen molar-refractivity contribution in [3.05, 3.63) is 119 Å². The Kier molecular flexibility index (Phi) is 13.9. The monoisotopic (exact) mass is 755 g/mol. The van der Waals surface area contributed by atoms with Gasteiger partial charge < -0.3 is 39.8 Å². The second kappa shape index (κ2) is 19.1. The van der Waals surface area contributed by atoms with Gasteiger partial charge in [-0.3, -0.25) is 29.0 Å². The summed E-state index contributed by atoms with van der Waals surface area (Å²) in [5.74, 6) is -1.59. The molecule has 1 aromatic heterocycles. The first-order valence-electron chi connectivity index (χ1n) is 17.6. The van der Waals surface area contributed by atoms with E-state index in [4.69, 9.17) is 24.1 Å². The van der Waals surface area contributed by atoms with Crippen LogP contribution in [0.2, 0.25) is 0 Å². The molecular weight excluding hydrogens is 713 g/mol. The Bertz CT molecular complexity index is 2000. The molecule has 55 heavy (non-hydrogen) atoms. The highest BCUT2D eigenvalue weighted by atomic mass is 19.1. The van der Waals surface area contributed by atoms with Gasteiger partial charge >= 0.3 is 0 Å². The van der Waals surface area contributed by atoms with Crippen molar-refractivity contribution in [1.82, 2.24) is 25.4 Å². The molecule has 0 aliphatic carbocycles. The minimum atomic E-state index is -0.648. The largest absolute Gasteiger partial charge is 0.496 e. The van der Waals surface area contributed by atoms with Gasteiger partial charge in [0.1, 0.15) is 23.1 Å². The van der Waals surface area contributed by atoms with Crippen LogP contribution < -0.4 is 20.1 Å². The Morgan fingerprint density at radius 3 is 2.60 bits per heavy atom. The molecule has 0 radical (unpaired) electrons. The van der Waals surface area contributed by atoms with E-state index in [1.165, 1.54) is 42.3 Å². The van der Waals surface area contributed by atoms with Crippen molar-refractivity contribution in [2.45, 2.75) is 38.5 Å². The summed E-state index contributed by atoms with van der Waals surface area (Å²) in [6, 6.07) is 18.5. The molecule has 15 heteroatoms. The summed E-state index contributed by atoms with van der Waals surface area (Å²) >= 11 is 0. The number of nitrogens with zero attached hydrogens (tertiary/aromatic N) is 3. The van der Waals surface area contributed by atoms with Gasteiger partial charge in [0.2, 0.25) is 5.91 Å². The molecule has 288 valence electrons. The maximum absolute atomic E-state index is 15.0. The highest BCUT2D eigenvalue weighted by Crippen LogP contribution is 2.29. The number of fused-ring (bicyclic) bond motifs is 5. The highest BCUT2D eigenvalue weighted by molar-refractivity contribution is 6.01. The third-order valence-electron chi connectivity index (χ3n) is 8.82. The number of para-hydroxylation sites is 1. The van der Waals surface area contributed by atoms with Crippen molar-refractivity contribution in [2.24, 2.45) is 0 Å². The van der Waals surface area contributed by atoms with Crippen LogP contribution in [-0.4, -0.2) is 102 Å². The molecule has 2 atom stereocenters. The number of hydrogen-bond donors (Lipinski definition) is 3. The number of hydrogen-bond acceptors (Lipinski definition) is 9. The van der Waals surface area contributed by atoms with Crippen LogP contribution in [0, 0.1) is 5.82 Å². The first-order valence-corrected chi connectivity index (χ1v) is 17.6. The Morgan fingerprint density at radius 2 is 1.85 bits per heavy atom. The molecule has 4 aromatic rings. The van der Waals surface area contributed by atoms with Crippen molar-refractivity contribution >= 4 is 30.1 Å². The van der Waals surface area contributed by atoms with Crippen LogP contribution in [0.25, 0.3) is 0 Å². The molecule has 2 aliphatic heterocycles. The molecule has 14 nitrogen and oxygen atoms in total. The summed E-state index contributed by atoms with van der Waals surface area (Å²) in [5, 5.41) is 12.7. The number of carboxylic acid groups (broad SMARTS) is 1. The van der Waals surface area contributed by atoms with E-state index in [2.05, 4.69) is 15.6 Å². The molecule has 3 aromatic carbocycles. The maximum atomic E-state index is 15.0. The maximum Gasteiger partial charge on any atom is 0.290 e. The molecular formula is C40H42FN5O9. The Morgan fingerprint density at radius 1 is 1.07 bits per heavy atom. The fourth-order valence-corrected chi connectivity index (χ4v) is 6.35. The summed E-state index contributed by atoms with van der Waals surface area (Å²) in [6.45, 7) is 2.15. The van der Waals surface area contributed by atoms with Gasteiger partial charge in [0.25, 0.3) is 24.2 Å². The van der Waals surface area contributed by atoms with Crippen molar-refractivity contribution in [3.8, 4) is 17.2 Å². The fourth-order valence-electron chi connectivity index (χ4n) is 6.35. The first-order chi connectivity index (χ1) is 26.6. The molecule has 0 unspecified atom stereocenters. The molecule has 2 aliphatic rings. The lowest BCUT2D eigenvalue weighted by atomic mass is 10.1. The number of amides is 4. The van der Waals surface area contributed by atoms with Gasteiger partial charge in [-0.25, -0.2) is 4.39 Å². The minimum Gasteiger partial charge on any atom is -0.496 e. The first kappa shape index (κ1) is 39.8. The fraction of sp³-hybridized carbons (Fsp3) is 0.300. The van der Waals surface area contributed by atoms with E-state index in [1.54, 1.807) is 47.6 Å². The van der Waals surface area contributed by atoms with E-state index in [9.17, 15) is 23.6 Å². The summed E-state index contributed by atoms with van der Waals surface area (Å²) in [5.41, 5.74) is 2.03. The van der Waals surface area contributed by atoms with Gasteiger partial charge in [0, 0.05) is 55.8 Å². The third-order valence-corrected chi connectivity index (χ3v) is 8.82. The minimum absolute atomic E-state index is 0.0487. The van der Waals surface area contributed by atoms with E-state index in [0.29, 0.717) is 36.3 Å². The van der Waals surface area contributed by atoms with Crippen LogP contribution >= 0.6 is 0 Å². The van der Waals surface area contributed by atoms with E-state index in [0.717, 1.165) is 5.56 Å². The SMILES string of the molecule is CCCN1CC(=O)N[C@@H]2CN(C(=O)c3ccccc3OC)C[C@H]2OCc2cc(F)cc(c2)Oc2cc(C(=O)NCCc3cccnc3)cc(c2)C1=O.O=CO. The quantitative estimate of drug-likeness (QED) is 0.222. The zero-order valence-corrected chi connectivity index (χ0v) is 30.4. The van der Waals surface area contributed by atoms with Gasteiger partial charge in [-0.15, -0.1) is 0 Å². The predicted molar refractivity (Wildman–Crippen MR) is 197 cm³/mol. The molecule has 3 heterocycles. The van der Waals surface area contributed by atoms with Gasteiger partial charge in [0.15, 0.2) is 0 Å². The van der Waals surface area contributed by atoms with Gasteiger partial charge in [-0.05, 0) is 72.5 Å². The summed E-state index contributed by atoms with van der Waals surface area (Å²) in [4.78, 5) is 70.0. The molecule has 4 amide bonds. The van der Waals surface area contributed by atoms with Crippen molar-refractivity contribution < 1.29 is 47.7 Å². The van der Waals surface area contributed by atoms with Gasteiger partial charge in [0.05, 0.1) is 38.0 Å². The molecule has 3 N–H and O–H groups in total. The average Bonchev–Trinajstić information content (AvgIpc) is 3.58. The second-order valence-electron chi connectivity index (χ2n) is 12.8. The zero-order chi connectivity index (χ0) is 39.3. The lowest BCUT2D eigenvalue weighted by Gasteiger charge is -2.25. The van der Waals surface area contributed by atoms with Crippen LogP contribution in [0.15, 0.2) is 85.2 Å². The number of nitrogens with one attached hydrogen (secondary N) is 2. The number of carbonyl (C=O) groups excluding carboxylic acids is 4. The van der Waals surface area contributed by atoms with Crippen LogP contribution in [0.5, 0.6) is 17.2 Å². The standard InChI is InChI=1S/C39H40FN5O7.CH2O2/c1-3-13-44-23-36(46)43-33-21-45(39(49)32-8-4-5-9-34(32)50-2)22-35(33)51-24-26-14-29(40)19-30(15-26)52-31-17-27(16-28(18-31)38(44)48)37(47)42-12-10-25-7-6-11-41-20-25;2-1-3/h4-9,11,14-20,33,35H,3,10,12-13,21-24H2,1-2H3,(H,42,47)(H,43,46);1H,(H,2,3)/t33-,35-;/m1./s1. The van der Waals surface area contributed by atoms with Gasteiger partial charge in [-0.2, -0.15) is 0 Å². The highest BCUT2D eigenvalue weighted by Gasteiger charge is 2.38. The molecule has 4 bridgehead atoms.